The van der Waals surface area contributed by atoms with Gasteiger partial charge in [0, 0.05) is 19.5 Å². The van der Waals surface area contributed by atoms with E-state index >= 15 is 0 Å². The van der Waals surface area contributed by atoms with Gasteiger partial charge in [0.05, 0.1) is 17.2 Å². The van der Waals surface area contributed by atoms with Crippen LogP contribution < -0.4 is 10.6 Å². The van der Waals surface area contributed by atoms with Crippen LogP contribution in [-0.2, 0) is 4.74 Å². The van der Waals surface area contributed by atoms with Gasteiger partial charge < -0.3 is 15.4 Å². The van der Waals surface area contributed by atoms with Crippen LogP contribution in [0.1, 0.15) is 59.6 Å². The maximum absolute atomic E-state index is 12.2. The number of esters is 1. The van der Waals surface area contributed by atoms with Crippen molar-refractivity contribution in [2.24, 2.45) is 0 Å². The maximum atomic E-state index is 12.2. The summed E-state index contributed by atoms with van der Waals surface area (Å²) in [5.74, 6) is -0.451. The Balaban J connectivity index is 2.45. The number of anilines is 2. The Labute approximate surface area is 129 Å². The number of carbonyl (C=O) groups is 2. The number of Topliss-reactive ketones (excluding diaryl/α,β-unsaturated/α-hetero) is 1. The van der Waals surface area contributed by atoms with Gasteiger partial charge in [-0.15, -0.1) is 11.3 Å². The number of hydrogen-bond donors (Lipinski definition) is 1. The molecule has 0 saturated carbocycles. The summed E-state index contributed by atoms with van der Waals surface area (Å²) in [5, 5.41) is 0.794. The first-order valence-electron chi connectivity index (χ1n) is 7.47. The van der Waals surface area contributed by atoms with E-state index in [4.69, 9.17) is 10.5 Å². The van der Waals surface area contributed by atoms with E-state index in [0.717, 1.165) is 30.9 Å². The first kappa shape index (κ1) is 15.8. The van der Waals surface area contributed by atoms with Crippen LogP contribution >= 0.6 is 11.3 Å². The molecule has 0 aromatic carbocycles. The van der Waals surface area contributed by atoms with Crippen molar-refractivity contribution in [1.29, 1.82) is 0 Å². The standard InChI is InChI=1S/C15H22N2O3S/c1-3-10(18)13-12(16)11(15(19)20-4-2)14(21-13)17-8-6-5-7-9-17/h3-9,16H2,1-2H3. The third-order valence-corrected chi connectivity index (χ3v) is 4.93. The fourth-order valence-electron chi connectivity index (χ4n) is 2.52. The molecule has 1 aromatic heterocycles. The maximum Gasteiger partial charge on any atom is 0.343 e. The van der Waals surface area contributed by atoms with Gasteiger partial charge in [0.1, 0.15) is 10.6 Å². The van der Waals surface area contributed by atoms with E-state index in [1.54, 1.807) is 13.8 Å². The first-order chi connectivity index (χ1) is 10.1. The van der Waals surface area contributed by atoms with Crippen molar-refractivity contribution in [2.45, 2.75) is 39.5 Å². The molecule has 0 spiro atoms. The molecule has 5 nitrogen and oxygen atoms in total. The molecule has 6 heteroatoms. The summed E-state index contributed by atoms with van der Waals surface area (Å²) < 4.78 is 5.12. The van der Waals surface area contributed by atoms with Gasteiger partial charge in [0.25, 0.3) is 0 Å². The zero-order valence-corrected chi connectivity index (χ0v) is 13.4. The number of nitrogens with zero attached hydrogens (tertiary/aromatic N) is 1. The lowest BCUT2D eigenvalue weighted by Crippen LogP contribution is -2.30. The Morgan fingerprint density at radius 2 is 1.90 bits per heavy atom. The van der Waals surface area contributed by atoms with E-state index in [1.807, 2.05) is 0 Å². The molecule has 0 unspecified atom stereocenters. The normalized spacial score (nSPS) is 15.0. The summed E-state index contributed by atoms with van der Waals surface area (Å²) in [6.07, 6.45) is 3.77. The predicted octanol–water partition coefficient (Wildman–Crippen LogP) is 3.09. The summed E-state index contributed by atoms with van der Waals surface area (Å²) in [7, 11) is 0. The number of hydrogen-bond acceptors (Lipinski definition) is 6. The molecule has 1 aliphatic rings. The highest BCUT2D eigenvalue weighted by Gasteiger charge is 2.29. The summed E-state index contributed by atoms with van der Waals surface area (Å²) in [5.41, 5.74) is 6.74. The second kappa shape index (κ2) is 6.93. The average molecular weight is 310 g/mol. The van der Waals surface area contributed by atoms with Gasteiger partial charge in [0.2, 0.25) is 0 Å². The van der Waals surface area contributed by atoms with Gasteiger partial charge in [-0.1, -0.05) is 6.92 Å². The molecule has 21 heavy (non-hydrogen) atoms. The molecule has 1 aliphatic heterocycles. The molecule has 0 amide bonds. The van der Waals surface area contributed by atoms with E-state index in [-0.39, 0.29) is 11.5 Å². The van der Waals surface area contributed by atoms with Crippen LogP contribution in [0.3, 0.4) is 0 Å². The topological polar surface area (TPSA) is 72.6 Å². The van der Waals surface area contributed by atoms with Crippen LogP contribution in [0.5, 0.6) is 0 Å². The summed E-state index contributed by atoms with van der Waals surface area (Å²) in [6.45, 7) is 5.65. The Bertz CT molecular complexity index is 533. The second-order valence-corrected chi connectivity index (χ2v) is 6.07. The quantitative estimate of drug-likeness (QED) is 0.668. The molecule has 2 rings (SSSR count). The molecule has 1 fully saturated rings. The highest BCUT2D eigenvalue weighted by atomic mass is 32.1. The summed E-state index contributed by atoms with van der Waals surface area (Å²) >= 11 is 1.33. The minimum Gasteiger partial charge on any atom is -0.462 e. The highest BCUT2D eigenvalue weighted by molar-refractivity contribution is 7.19. The minimum absolute atomic E-state index is 0.0219. The second-order valence-electron chi connectivity index (χ2n) is 5.07. The lowest BCUT2D eigenvalue weighted by atomic mass is 10.1. The molecule has 0 aliphatic carbocycles. The van der Waals surface area contributed by atoms with Gasteiger partial charge in [-0.25, -0.2) is 4.79 Å². The van der Waals surface area contributed by atoms with Gasteiger partial charge in [-0.3, -0.25) is 4.79 Å². The van der Waals surface area contributed by atoms with E-state index in [2.05, 4.69) is 4.90 Å². The van der Waals surface area contributed by atoms with Crippen molar-refractivity contribution >= 4 is 33.8 Å². The molecule has 0 bridgehead atoms. The molecule has 0 radical (unpaired) electrons. The number of nitrogen functional groups attached to an aromatic ring is 1. The van der Waals surface area contributed by atoms with E-state index < -0.39 is 5.97 Å². The largest absolute Gasteiger partial charge is 0.462 e. The number of ketones is 1. The number of thiophene rings is 1. The van der Waals surface area contributed by atoms with Crippen LogP contribution in [0.4, 0.5) is 10.7 Å². The van der Waals surface area contributed by atoms with Crippen molar-refractivity contribution in [1.82, 2.24) is 0 Å². The van der Waals surface area contributed by atoms with Crippen LogP contribution in [0, 0.1) is 0 Å². The molecule has 0 atom stereocenters. The van der Waals surface area contributed by atoms with Crippen LogP contribution in [-0.4, -0.2) is 31.4 Å². The van der Waals surface area contributed by atoms with Crippen LogP contribution in [0.15, 0.2) is 0 Å². The third-order valence-electron chi connectivity index (χ3n) is 3.62. The fraction of sp³-hybridized carbons (Fsp3) is 0.600. The predicted molar refractivity (Wildman–Crippen MR) is 85.4 cm³/mol. The van der Waals surface area contributed by atoms with Gasteiger partial charge in [-0.2, -0.15) is 0 Å². The monoisotopic (exact) mass is 310 g/mol. The Hall–Kier alpha value is -1.56. The molecule has 1 saturated heterocycles. The minimum atomic E-state index is -0.429. The Kier molecular flexibility index (Phi) is 5.22. The lowest BCUT2D eigenvalue weighted by molar-refractivity contribution is 0.0529. The average Bonchev–Trinajstić information content (AvgIpc) is 2.85. The van der Waals surface area contributed by atoms with Crippen molar-refractivity contribution in [2.75, 3.05) is 30.3 Å². The Morgan fingerprint density at radius 1 is 1.24 bits per heavy atom. The molecule has 116 valence electrons. The molecular weight excluding hydrogens is 288 g/mol. The van der Waals surface area contributed by atoms with E-state index in [9.17, 15) is 9.59 Å². The summed E-state index contributed by atoms with van der Waals surface area (Å²) in [4.78, 5) is 26.9. The van der Waals surface area contributed by atoms with Gasteiger partial charge in [0.15, 0.2) is 5.78 Å². The van der Waals surface area contributed by atoms with Gasteiger partial charge >= 0.3 is 5.97 Å². The molecular formula is C15H22N2O3S. The first-order valence-corrected chi connectivity index (χ1v) is 8.29. The van der Waals surface area contributed by atoms with Crippen molar-refractivity contribution in [3.63, 3.8) is 0 Å². The van der Waals surface area contributed by atoms with Gasteiger partial charge in [-0.05, 0) is 26.2 Å². The molecule has 1 aromatic rings. The van der Waals surface area contributed by atoms with Crippen LogP contribution in [0.2, 0.25) is 0 Å². The van der Waals surface area contributed by atoms with E-state index in [1.165, 1.54) is 17.8 Å². The molecule has 2 heterocycles. The van der Waals surface area contributed by atoms with E-state index in [0.29, 0.717) is 23.5 Å². The Morgan fingerprint density at radius 3 is 2.48 bits per heavy atom. The third kappa shape index (κ3) is 3.20. The summed E-state index contributed by atoms with van der Waals surface area (Å²) in [6, 6.07) is 0. The van der Waals surface area contributed by atoms with Crippen LogP contribution in [0.25, 0.3) is 0 Å². The number of ether oxygens (including phenoxy) is 1. The SMILES string of the molecule is CCOC(=O)c1c(N2CCCCC2)sc(C(=O)CC)c1N. The lowest BCUT2D eigenvalue weighted by Gasteiger charge is -2.28. The fourth-order valence-corrected chi connectivity index (χ4v) is 3.79. The number of piperidine rings is 1. The number of rotatable bonds is 5. The number of carbonyl (C=O) groups excluding carboxylic acids is 2. The zero-order chi connectivity index (χ0) is 15.4. The smallest absolute Gasteiger partial charge is 0.343 e. The van der Waals surface area contributed by atoms with Crippen molar-refractivity contribution in [3.8, 4) is 0 Å². The van der Waals surface area contributed by atoms with Crippen molar-refractivity contribution < 1.29 is 14.3 Å². The molecule has 2 N–H and O–H groups in total. The zero-order valence-electron chi connectivity index (χ0n) is 12.6. The number of nitrogens with two attached hydrogens (primary N) is 1. The highest BCUT2D eigenvalue weighted by Crippen LogP contribution is 2.40. The van der Waals surface area contributed by atoms with Crippen molar-refractivity contribution in [3.05, 3.63) is 10.4 Å².